The van der Waals surface area contributed by atoms with E-state index in [1.165, 1.54) is 11.1 Å². The predicted molar refractivity (Wildman–Crippen MR) is 84.0 cm³/mol. The molecule has 1 fully saturated rings. The molecule has 120 valence electrons. The highest BCUT2D eigenvalue weighted by atomic mass is 16.5. The van der Waals surface area contributed by atoms with Crippen LogP contribution in [0.25, 0.3) is 0 Å². The molecule has 5 heteroatoms. The molecule has 2 aliphatic rings. The monoisotopic (exact) mass is 304 g/mol. The number of carbonyl (C=O) groups is 1. The van der Waals surface area contributed by atoms with Gasteiger partial charge in [-0.1, -0.05) is 12.1 Å². The molecule has 1 aromatic carbocycles. The molecule has 0 saturated carbocycles. The van der Waals surface area contributed by atoms with Crippen molar-refractivity contribution in [2.24, 2.45) is 0 Å². The molecule has 2 aliphatic heterocycles. The van der Waals surface area contributed by atoms with Crippen LogP contribution < -0.4 is 4.74 Å². The molecule has 0 aliphatic carbocycles. The molecular weight excluding hydrogens is 280 g/mol. The maximum absolute atomic E-state index is 11.9. The zero-order valence-electron chi connectivity index (χ0n) is 13.2. The molecule has 1 saturated heterocycles. The number of benzene rings is 1. The summed E-state index contributed by atoms with van der Waals surface area (Å²) in [5, 5.41) is 0. The third kappa shape index (κ3) is 3.59. The Morgan fingerprint density at radius 3 is 2.86 bits per heavy atom. The van der Waals surface area contributed by atoms with Crippen LogP contribution in [0.5, 0.6) is 5.75 Å². The lowest BCUT2D eigenvalue weighted by Crippen LogP contribution is -2.49. The summed E-state index contributed by atoms with van der Waals surface area (Å²) >= 11 is 0. The molecule has 0 spiro atoms. The summed E-state index contributed by atoms with van der Waals surface area (Å²) in [5.41, 5.74) is 2.65. The highest BCUT2D eigenvalue weighted by molar-refractivity contribution is 5.77. The standard InChI is InChI=1S/C17H24N2O3/c1-2-21-13-17(20)19-8-6-18(7-9-19)12-14-3-4-16-15(11-14)5-10-22-16/h3-4,11H,2,5-10,12-13H2,1H3. The summed E-state index contributed by atoms with van der Waals surface area (Å²) in [4.78, 5) is 16.2. The second kappa shape index (κ2) is 7.11. The van der Waals surface area contributed by atoms with E-state index in [9.17, 15) is 4.79 Å². The van der Waals surface area contributed by atoms with Gasteiger partial charge in [0.1, 0.15) is 12.4 Å². The zero-order valence-corrected chi connectivity index (χ0v) is 13.2. The van der Waals surface area contributed by atoms with E-state index < -0.39 is 0 Å². The number of amides is 1. The molecule has 5 nitrogen and oxygen atoms in total. The number of nitrogens with zero attached hydrogens (tertiary/aromatic N) is 2. The van der Waals surface area contributed by atoms with Gasteiger partial charge in [-0.05, 0) is 24.1 Å². The van der Waals surface area contributed by atoms with Gasteiger partial charge < -0.3 is 14.4 Å². The lowest BCUT2D eigenvalue weighted by molar-refractivity contribution is -0.137. The minimum Gasteiger partial charge on any atom is -0.493 e. The number of carbonyl (C=O) groups excluding carboxylic acids is 1. The fourth-order valence-corrected chi connectivity index (χ4v) is 3.03. The van der Waals surface area contributed by atoms with Gasteiger partial charge in [0.2, 0.25) is 5.91 Å². The second-order valence-corrected chi connectivity index (χ2v) is 5.83. The normalized spacial score (nSPS) is 18.1. The molecule has 0 bridgehead atoms. The van der Waals surface area contributed by atoms with E-state index in [2.05, 4.69) is 23.1 Å². The molecule has 0 radical (unpaired) electrons. The highest BCUT2D eigenvalue weighted by Gasteiger charge is 2.21. The molecular formula is C17H24N2O3. The van der Waals surface area contributed by atoms with Crippen LogP contribution in [-0.4, -0.2) is 61.7 Å². The van der Waals surface area contributed by atoms with Crippen LogP contribution in [0.2, 0.25) is 0 Å². The zero-order chi connectivity index (χ0) is 15.4. The van der Waals surface area contributed by atoms with Crippen molar-refractivity contribution in [1.82, 2.24) is 9.80 Å². The molecule has 2 heterocycles. The Morgan fingerprint density at radius 2 is 2.09 bits per heavy atom. The lowest BCUT2D eigenvalue weighted by atomic mass is 10.1. The Morgan fingerprint density at radius 1 is 1.27 bits per heavy atom. The molecule has 22 heavy (non-hydrogen) atoms. The molecule has 0 aromatic heterocycles. The van der Waals surface area contributed by atoms with Crippen molar-refractivity contribution >= 4 is 5.91 Å². The van der Waals surface area contributed by atoms with Gasteiger partial charge in [0.05, 0.1) is 6.61 Å². The summed E-state index contributed by atoms with van der Waals surface area (Å²) < 4.78 is 10.7. The van der Waals surface area contributed by atoms with Crippen LogP contribution in [-0.2, 0) is 22.5 Å². The first-order chi connectivity index (χ1) is 10.8. The third-order valence-corrected chi connectivity index (χ3v) is 4.31. The van der Waals surface area contributed by atoms with Gasteiger partial charge in [-0.2, -0.15) is 0 Å². The van der Waals surface area contributed by atoms with Gasteiger partial charge in [0.25, 0.3) is 0 Å². The maximum Gasteiger partial charge on any atom is 0.248 e. The van der Waals surface area contributed by atoms with Crippen LogP contribution in [0.4, 0.5) is 0 Å². The van der Waals surface area contributed by atoms with Crippen molar-refractivity contribution in [3.8, 4) is 5.75 Å². The van der Waals surface area contributed by atoms with Gasteiger partial charge in [-0.15, -0.1) is 0 Å². The van der Waals surface area contributed by atoms with E-state index in [-0.39, 0.29) is 12.5 Å². The van der Waals surface area contributed by atoms with Gasteiger partial charge in [-0.25, -0.2) is 0 Å². The Kier molecular flexibility index (Phi) is 4.95. The van der Waals surface area contributed by atoms with Gasteiger partial charge in [-0.3, -0.25) is 9.69 Å². The fourth-order valence-electron chi connectivity index (χ4n) is 3.03. The van der Waals surface area contributed by atoms with Crippen LogP contribution >= 0.6 is 0 Å². The molecule has 1 amide bonds. The van der Waals surface area contributed by atoms with E-state index in [1.54, 1.807) is 0 Å². The van der Waals surface area contributed by atoms with E-state index in [0.29, 0.717) is 6.61 Å². The summed E-state index contributed by atoms with van der Waals surface area (Å²) in [7, 11) is 0. The molecule has 0 N–H and O–H groups in total. The third-order valence-electron chi connectivity index (χ3n) is 4.31. The van der Waals surface area contributed by atoms with E-state index in [0.717, 1.165) is 51.5 Å². The number of hydrogen-bond acceptors (Lipinski definition) is 4. The SMILES string of the molecule is CCOCC(=O)N1CCN(Cc2ccc3c(c2)CCO3)CC1. The van der Waals surface area contributed by atoms with Crippen molar-refractivity contribution < 1.29 is 14.3 Å². The number of piperazine rings is 1. The Balaban J connectivity index is 1.49. The molecule has 0 atom stereocenters. The maximum atomic E-state index is 11.9. The summed E-state index contributed by atoms with van der Waals surface area (Å²) in [5.74, 6) is 1.14. The predicted octanol–water partition coefficient (Wildman–Crippen LogP) is 1.30. The number of rotatable bonds is 5. The topological polar surface area (TPSA) is 42.0 Å². The molecule has 0 unspecified atom stereocenters. The summed E-state index contributed by atoms with van der Waals surface area (Å²) in [6, 6.07) is 6.49. The van der Waals surface area contributed by atoms with Gasteiger partial charge >= 0.3 is 0 Å². The molecule has 3 rings (SSSR count). The first-order valence-corrected chi connectivity index (χ1v) is 8.08. The first-order valence-electron chi connectivity index (χ1n) is 8.08. The van der Waals surface area contributed by atoms with Crippen LogP contribution in [0.15, 0.2) is 18.2 Å². The van der Waals surface area contributed by atoms with Crippen molar-refractivity contribution in [3.63, 3.8) is 0 Å². The quantitative estimate of drug-likeness (QED) is 0.822. The minimum atomic E-state index is 0.108. The molecule has 1 aromatic rings. The van der Waals surface area contributed by atoms with E-state index in [1.807, 2.05) is 11.8 Å². The van der Waals surface area contributed by atoms with Gasteiger partial charge in [0, 0.05) is 45.8 Å². The van der Waals surface area contributed by atoms with Crippen molar-refractivity contribution in [1.29, 1.82) is 0 Å². The number of ether oxygens (including phenoxy) is 2. The Labute approximate surface area is 131 Å². The average Bonchev–Trinajstić information content (AvgIpc) is 3.01. The Bertz CT molecular complexity index is 525. The number of hydrogen-bond donors (Lipinski definition) is 0. The number of fused-ring (bicyclic) bond motifs is 1. The lowest BCUT2D eigenvalue weighted by Gasteiger charge is -2.34. The highest BCUT2D eigenvalue weighted by Crippen LogP contribution is 2.26. The van der Waals surface area contributed by atoms with E-state index in [4.69, 9.17) is 9.47 Å². The first kappa shape index (κ1) is 15.3. The Hall–Kier alpha value is -1.59. The van der Waals surface area contributed by atoms with Crippen molar-refractivity contribution in [3.05, 3.63) is 29.3 Å². The minimum absolute atomic E-state index is 0.108. The summed E-state index contributed by atoms with van der Waals surface area (Å²) in [6.45, 7) is 7.89. The fraction of sp³-hybridized carbons (Fsp3) is 0.588. The van der Waals surface area contributed by atoms with Crippen LogP contribution in [0, 0.1) is 0 Å². The second-order valence-electron chi connectivity index (χ2n) is 5.83. The van der Waals surface area contributed by atoms with Crippen molar-refractivity contribution in [2.45, 2.75) is 19.9 Å². The van der Waals surface area contributed by atoms with Crippen LogP contribution in [0.1, 0.15) is 18.1 Å². The van der Waals surface area contributed by atoms with Gasteiger partial charge in [0.15, 0.2) is 0 Å². The summed E-state index contributed by atoms with van der Waals surface area (Å²) in [6.07, 6.45) is 1.02. The largest absolute Gasteiger partial charge is 0.493 e. The smallest absolute Gasteiger partial charge is 0.248 e. The van der Waals surface area contributed by atoms with E-state index >= 15 is 0 Å². The van der Waals surface area contributed by atoms with Crippen LogP contribution in [0.3, 0.4) is 0 Å². The average molecular weight is 304 g/mol. The van der Waals surface area contributed by atoms with Crippen molar-refractivity contribution in [2.75, 3.05) is 46.0 Å².